The van der Waals surface area contributed by atoms with Crippen LogP contribution < -0.4 is 11.1 Å². The molecule has 0 unspecified atom stereocenters. The van der Waals surface area contributed by atoms with Crippen molar-refractivity contribution in [3.63, 3.8) is 0 Å². The third-order valence-corrected chi connectivity index (χ3v) is 3.76. The maximum Gasteiger partial charge on any atom is 0.265 e. The number of rotatable bonds is 2. The molecule has 2 aromatic heterocycles. The van der Waals surface area contributed by atoms with Crippen LogP contribution in [0.2, 0.25) is 5.15 Å². The van der Waals surface area contributed by atoms with Crippen molar-refractivity contribution in [2.75, 3.05) is 11.1 Å². The van der Waals surface area contributed by atoms with E-state index in [4.69, 9.17) is 17.3 Å². The average Bonchev–Trinajstić information content (AvgIpc) is 2.63. The number of halogens is 1. The molecule has 2 heterocycles. The van der Waals surface area contributed by atoms with Crippen LogP contribution in [-0.4, -0.2) is 10.9 Å². The number of nitrogens with one attached hydrogen (secondary N) is 1. The lowest BCUT2D eigenvalue weighted by Gasteiger charge is -2.06. The zero-order valence-electron chi connectivity index (χ0n) is 9.95. The summed E-state index contributed by atoms with van der Waals surface area (Å²) < 4.78 is 0. The van der Waals surface area contributed by atoms with Crippen LogP contribution in [0.1, 0.15) is 20.2 Å². The summed E-state index contributed by atoms with van der Waals surface area (Å²) in [5.41, 5.74) is 7.68. The Bertz CT molecular complexity index is 590. The number of hydrogen-bond acceptors (Lipinski definition) is 4. The number of anilines is 2. The van der Waals surface area contributed by atoms with Crippen LogP contribution in [0.5, 0.6) is 0 Å². The van der Waals surface area contributed by atoms with E-state index in [1.165, 1.54) is 11.3 Å². The van der Waals surface area contributed by atoms with Gasteiger partial charge in [0, 0.05) is 10.6 Å². The number of nitrogens with zero attached hydrogens (tertiary/aromatic N) is 1. The van der Waals surface area contributed by atoms with Gasteiger partial charge in [-0.1, -0.05) is 11.6 Å². The van der Waals surface area contributed by atoms with Crippen molar-refractivity contribution in [2.45, 2.75) is 13.8 Å². The normalized spacial score (nSPS) is 10.4. The second-order valence-electron chi connectivity index (χ2n) is 3.84. The molecule has 1 amide bonds. The number of thiophene rings is 1. The van der Waals surface area contributed by atoms with E-state index in [0.29, 0.717) is 27.1 Å². The van der Waals surface area contributed by atoms with Crippen LogP contribution in [0, 0.1) is 13.8 Å². The van der Waals surface area contributed by atoms with Crippen LogP contribution in [0.15, 0.2) is 18.2 Å². The van der Waals surface area contributed by atoms with E-state index in [0.717, 1.165) is 4.88 Å². The monoisotopic (exact) mass is 281 g/mol. The summed E-state index contributed by atoms with van der Waals surface area (Å²) in [7, 11) is 0. The summed E-state index contributed by atoms with van der Waals surface area (Å²) in [6, 6.07) is 5.04. The van der Waals surface area contributed by atoms with Gasteiger partial charge >= 0.3 is 0 Å². The van der Waals surface area contributed by atoms with Crippen LogP contribution in [0.25, 0.3) is 0 Å². The molecule has 3 N–H and O–H groups in total. The molecule has 0 aliphatic heterocycles. The molecule has 0 saturated carbocycles. The van der Waals surface area contributed by atoms with Crippen molar-refractivity contribution in [2.24, 2.45) is 0 Å². The molecule has 2 aromatic rings. The molecule has 94 valence electrons. The Balaban J connectivity index is 2.21. The summed E-state index contributed by atoms with van der Waals surface area (Å²) in [5.74, 6) is -0.188. The van der Waals surface area contributed by atoms with Crippen molar-refractivity contribution in [3.05, 3.63) is 38.8 Å². The summed E-state index contributed by atoms with van der Waals surface area (Å²) in [6.45, 7) is 3.67. The highest BCUT2D eigenvalue weighted by atomic mass is 35.5. The molecule has 0 atom stereocenters. The summed E-state index contributed by atoms with van der Waals surface area (Å²) in [6.07, 6.45) is 0. The molecule has 0 bridgehead atoms. The lowest BCUT2D eigenvalue weighted by atomic mass is 10.3. The number of nitrogens with two attached hydrogens (primary N) is 1. The summed E-state index contributed by atoms with van der Waals surface area (Å²) >= 11 is 7.12. The molecule has 6 heteroatoms. The van der Waals surface area contributed by atoms with E-state index in [9.17, 15) is 4.79 Å². The SMILES string of the molecule is Cc1nc(Cl)ccc1NC(=O)c1cc(N)c(C)s1. The molecule has 2 rings (SSSR count). The van der Waals surface area contributed by atoms with Gasteiger partial charge in [0.15, 0.2) is 0 Å². The van der Waals surface area contributed by atoms with Gasteiger partial charge in [-0.15, -0.1) is 11.3 Å². The predicted octanol–water partition coefficient (Wildman–Crippen LogP) is 3.25. The number of hydrogen-bond donors (Lipinski definition) is 2. The Morgan fingerprint density at radius 2 is 2.17 bits per heavy atom. The molecule has 4 nitrogen and oxygen atoms in total. The van der Waals surface area contributed by atoms with Crippen molar-refractivity contribution >= 4 is 40.2 Å². The first-order chi connectivity index (χ1) is 8.47. The minimum Gasteiger partial charge on any atom is -0.398 e. The maximum absolute atomic E-state index is 12.0. The molecule has 0 fully saturated rings. The fourth-order valence-corrected chi connectivity index (χ4v) is 2.48. The van der Waals surface area contributed by atoms with Crippen molar-refractivity contribution in [1.82, 2.24) is 4.98 Å². The number of carbonyl (C=O) groups is 1. The molecule has 0 radical (unpaired) electrons. The third-order valence-electron chi connectivity index (χ3n) is 2.48. The zero-order chi connectivity index (χ0) is 13.3. The van der Waals surface area contributed by atoms with Gasteiger partial charge in [-0.2, -0.15) is 0 Å². The lowest BCUT2D eigenvalue weighted by molar-refractivity contribution is 0.103. The minimum absolute atomic E-state index is 0.188. The van der Waals surface area contributed by atoms with Crippen molar-refractivity contribution in [3.8, 4) is 0 Å². The number of aromatic nitrogens is 1. The molecule has 18 heavy (non-hydrogen) atoms. The molecular weight excluding hydrogens is 270 g/mol. The predicted molar refractivity (Wildman–Crippen MR) is 75.4 cm³/mol. The van der Waals surface area contributed by atoms with Crippen LogP contribution in [0.3, 0.4) is 0 Å². The largest absolute Gasteiger partial charge is 0.398 e. The smallest absolute Gasteiger partial charge is 0.265 e. The Hall–Kier alpha value is -1.59. The first-order valence-electron chi connectivity index (χ1n) is 5.28. The maximum atomic E-state index is 12.0. The van der Waals surface area contributed by atoms with E-state index in [1.54, 1.807) is 25.1 Å². The molecule has 0 aromatic carbocycles. The average molecular weight is 282 g/mol. The Morgan fingerprint density at radius 1 is 1.44 bits per heavy atom. The van der Waals surface area contributed by atoms with Gasteiger partial charge in [-0.3, -0.25) is 4.79 Å². The Labute approximate surface area is 114 Å². The van der Waals surface area contributed by atoms with Gasteiger partial charge in [-0.25, -0.2) is 4.98 Å². The first-order valence-corrected chi connectivity index (χ1v) is 6.47. The van der Waals surface area contributed by atoms with E-state index in [1.807, 2.05) is 6.92 Å². The highest BCUT2D eigenvalue weighted by molar-refractivity contribution is 7.14. The third kappa shape index (κ3) is 2.63. The first kappa shape index (κ1) is 12.9. The topological polar surface area (TPSA) is 68.0 Å². The van der Waals surface area contributed by atoms with Gasteiger partial charge in [0.1, 0.15) is 5.15 Å². The number of aryl methyl sites for hydroxylation is 2. The minimum atomic E-state index is -0.188. The summed E-state index contributed by atoms with van der Waals surface area (Å²) in [4.78, 5) is 17.6. The van der Waals surface area contributed by atoms with Gasteiger partial charge in [0.25, 0.3) is 5.91 Å². The molecule has 0 spiro atoms. The molecule has 0 aliphatic carbocycles. The van der Waals surface area contributed by atoms with E-state index in [-0.39, 0.29) is 5.91 Å². The number of amides is 1. The van der Waals surface area contributed by atoms with Crippen molar-refractivity contribution < 1.29 is 4.79 Å². The van der Waals surface area contributed by atoms with Gasteiger partial charge in [0.05, 0.1) is 16.3 Å². The Kier molecular flexibility index (Phi) is 3.54. The molecule has 0 aliphatic rings. The zero-order valence-corrected chi connectivity index (χ0v) is 11.5. The van der Waals surface area contributed by atoms with Gasteiger partial charge in [0.2, 0.25) is 0 Å². The standard InChI is InChI=1S/C12H12ClN3OS/c1-6-9(3-4-11(13)15-6)16-12(17)10-5-8(14)7(2)18-10/h3-5H,14H2,1-2H3,(H,16,17). The molecule has 0 saturated heterocycles. The van der Waals surface area contributed by atoms with Crippen LogP contribution in [0.4, 0.5) is 11.4 Å². The van der Waals surface area contributed by atoms with Crippen LogP contribution in [-0.2, 0) is 0 Å². The molecular formula is C12H12ClN3OS. The van der Waals surface area contributed by atoms with E-state index < -0.39 is 0 Å². The number of carbonyl (C=O) groups excluding carboxylic acids is 1. The lowest BCUT2D eigenvalue weighted by Crippen LogP contribution is -2.11. The van der Waals surface area contributed by atoms with E-state index >= 15 is 0 Å². The van der Waals surface area contributed by atoms with E-state index in [2.05, 4.69) is 10.3 Å². The second-order valence-corrected chi connectivity index (χ2v) is 5.49. The Morgan fingerprint density at radius 3 is 2.72 bits per heavy atom. The second kappa shape index (κ2) is 4.96. The number of pyridine rings is 1. The van der Waals surface area contributed by atoms with Gasteiger partial charge < -0.3 is 11.1 Å². The highest BCUT2D eigenvalue weighted by Crippen LogP contribution is 2.25. The highest BCUT2D eigenvalue weighted by Gasteiger charge is 2.12. The quantitative estimate of drug-likeness (QED) is 0.830. The number of nitrogen functional groups attached to an aromatic ring is 1. The summed E-state index contributed by atoms with van der Waals surface area (Å²) in [5, 5.41) is 3.19. The van der Waals surface area contributed by atoms with Crippen molar-refractivity contribution in [1.29, 1.82) is 0 Å². The fraction of sp³-hybridized carbons (Fsp3) is 0.167. The van der Waals surface area contributed by atoms with Crippen LogP contribution >= 0.6 is 22.9 Å². The van der Waals surface area contributed by atoms with Gasteiger partial charge in [-0.05, 0) is 32.0 Å². The fourth-order valence-electron chi connectivity index (χ4n) is 1.45.